The Balaban J connectivity index is 1.70. The predicted molar refractivity (Wildman–Crippen MR) is 112 cm³/mol. The van der Waals surface area contributed by atoms with Crippen LogP contribution in [0.2, 0.25) is 0 Å². The molecule has 1 fully saturated rings. The average Bonchev–Trinajstić information content (AvgIpc) is 2.71. The third-order valence-electron chi connectivity index (χ3n) is 5.57. The van der Waals surface area contributed by atoms with E-state index in [1.807, 2.05) is 50.2 Å². The lowest BCUT2D eigenvalue weighted by atomic mass is 10.0. The number of sulfonamides is 1. The first-order valence-corrected chi connectivity index (χ1v) is 11.2. The van der Waals surface area contributed by atoms with Gasteiger partial charge in [0.15, 0.2) is 0 Å². The molecule has 1 heterocycles. The summed E-state index contributed by atoms with van der Waals surface area (Å²) in [5.41, 5.74) is 4.26. The Morgan fingerprint density at radius 2 is 1.72 bits per heavy atom. The third-order valence-corrected chi connectivity index (χ3v) is 7.24. The second kappa shape index (κ2) is 8.65. The van der Waals surface area contributed by atoms with Gasteiger partial charge in [-0.05, 0) is 55.5 Å². The van der Waals surface area contributed by atoms with Crippen LogP contribution < -0.4 is 4.72 Å². The predicted octanol–water partition coefficient (Wildman–Crippen LogP) is 2.80. The molecular formula is C22H28N2O4S. The first kappa shape index (κ1) is 21.5. The molecule has 1 N–H and O–H groups in total. The van der Waals surface area contributed by atoms with Crippen molar-refractivity contribution in [3.05, 3.63) is 64.2 Å². The Labute approximate surface area is 172 Å². The number of nitrogens with zero attached hydrogens (tertiary/aromatic N) is 1. The van der Waals surface area contributed by atoms with Gasteiger partial charge in [-0.1, -0.05) is 36.4 Å². The Hall–Kier alpha value is -2.22. The summed E-state index contributed by atoms with van der Waals surface area (Å²) < 4.78 is 34.2. The molecule has 1 aliphatic heterocycles. The van der Waals surface area contributed by atoms with Crippen LogP contribution in [0.4, 0.5) is 0 Å². The van der Waals surface area contributed by atoms with E-state index in [-0.39, 0.29) is 23.5 Å². The van der Waals surface area contributed by atoms with Crippen LogP contribution in [0.25, 0.3) is 0 Å². The molecule has 1 saturated heterocycles. The molecule has 156 valence electrons. The van der Waals surface area contributed by atoms with Crippen LogP contribution >= 0.6 is 0 Å². The van der Waals surface area contributed by atoms with E-state index >= 15 is 0 Å². The summed E-state index contributed by atoms with van der Waals surface area (Å²) in [6, 6.07) is 11.7. The Morgan fingerprint density at radius 3 is 2.34 bits per heavy atom. The third kappa shape index (κ3) is 4.69. The molecule has 0 saturated carbocycles. The second-order valence-corrected chi connectivity index (χ2v) is 9.23. The number of carbonyl (C=O) groups is 1. The number of hydrogen-bond acceptors (Lipinski definition) is 4. The zero-order chi connectivity index (χ0) is 21.2. The Kier molecular flexibility index (Phi) is 6.41. The van der Waals surface area contributed by atoms with E-state index in [4.69, 9.17) is 4.74 Å². The minimum atomic E-state index is -3.79. The van der Waals surface area contributed by atoms with Crippen LogP contribution in [-0.2, 0) is 19.6 Å². The minimum absolute atomic E-state index is 0.200. The molecule has 7 heteroatoms. The molecule has 0 aromatic heterocycles. The Bertz CT molecular complexity index is 977. The van der Waals surface area contributed by atoms with Crippen LogP contribution in [0.5, 0.6) is 0 Å². The van der Waals surface area contributed by atoms with E-state index in [0.29, 0.717) is 30.8 Å². The number of carbonyl (C=O) groups excluding carboxylic acids is 1. The standard InChI is InChI=1S/C22H28N2O4S/c1-15-12-16(2)18(4)22(17(15)3)29(26,27)23-13-21(25)24-10-11-28-20(14-24)19-8-6-5-7-9-19/h5-9,12,20,23H,10-11,13-14H2,1-4H3. The number of aryl methyl sites for hydroxylation is 2. The van der Waals surface area contributed by atoms with Gasteiger partial charge in [0.05, 0.1) is 24.6 Å². The smallest absolute Gasteiger partial charge is 0.241 e. The molecule has 1 atom stereocenters. The SMILES string of the molecule is Cc1cc(C)c(C)c(S(=O)(=O)NCC(=O)N2CCOC(c3ccccc3)C2)c1C. The summed E-state index contributed by atoms with van der Waals surface area (Å²) in [7, 11) is -3.79. The fraction of sp³-hybridized carbons (Fsp3) is 0.409. The topological polar surface area (TPSA) is 75.7 Å². The molecule has 1 amide bonds. The van der Waals surface area contributed by atoms with Gasteiger partial charge in [-0.3, -0.25) is 4.79 Å². The molecule has 0 spiro atoms. The fourth-order valence-corrected chi connectivity index (χ4v) is 5.26. The number of hydrogen-bond donors (Lipinski definition) is 1. The van der Waals surface area contributed by atoms with Crippen LogP contribution in [0.15, 0.2) is 41.3 Å². The number of amides is 1. The van der Waals surface area contributed by atoms with Crippen molar-refractivity contribution in [2.24, 2.45) is 0 Å². The van der Waals surface area contributed by atoms with Gasteiger partial charge in [0.1, 0.15) is 6.10 Å². The van der Waals surface area contributed by atoms with E-state index in [1.54, 1.807) is 18.7 Å². The van der Waals surface area contributed by atoms with Crippen molar-refractivity contribution in [3.63, 3.8) is 0 Å². The van der Waals surface area contributed by atoms with E-state index in [2.05, 4.69) is 4.72 Å². The molecule has 2 aromatic rings. The van der Waals surface area contributed by atoms with Gasteiger partial charge in [0.2, 0.25) is 15.9 Å². The number of ether oxygens (including phenoxy) is 1. The summed E-state index contributed by atoms with van der Waals surface area (Å²) >= 11 is 0. The van der Waals surface area contributed by atoms with Gasteiger partial charge < -0.3 is 9.64 Å². The van der Waals surface area contributed by atoms with Gasteiger partial charge in [0.25, 0.3) is 0 Å². The molecule has 0 bridgehead atoms. The lowest BCUT2D eigenvalue weighted by Gasteiger charge is -2.33. The monoisotopic (exact) mass is 416 g/mol. The van der Waals surface area contributed by atoms with Crippen molar-refractivity contribution in [2.75, 3.05) is 26.2 Å². The van der Waals surface area contributed by atoms with E-state index in [0.717, 1.165) is 16.7 Å². The molecule has 29 heavy (non-hydrogen) atoms. The largest absolute Gasteiger partial charge is 0.370 e. The maximum atomic E-state index is 12.9. The highest BCUT2D eigenvalue weighted by atomic mass is 32.2. The van der Waals surface area contributed by atoms with Crippen molar-refractivity contribution in [1.29, 1.82) is 0 Å². The average molecular weight is 417 g/mol. The molecule has 0 aliphatic carbocycles. The highest BCUT2D eigenvalue weighted by Crippen LogP contribution is 2.26. The van der Waals surface area contributed by atoms with E-state index in [9.17, 15) is 13.2 Å². The summed E-state index contributed by atoms with van der Waals surface area (Å²) in [6.07, 6.45) is -0.200. The summed E-state index contributed by atoms with van der Waals surface area (Å²) in [5.74, 6) is -0.252. The molecule has 2 aromatic carbocycles. The van der Waals surface area contributed by atoms with E-state index in [1.165, 1.54) is 0 Å². The quantitative estimate of drug-likeness (QED) is 0.813. The highest BCUT2D eigenvalue weighted by molar-refractivity contribution is 7.89. The van der Waals surface area contributed by atoms with Crippen LogP contribution in [0.3, 0.4) is 0 Å². The lowest BCUT2D eigenvalue weighted by Crippen LogP contribution is -2.46. The van der Waals surface area contributed by atoms with Crippen molar-refractivity contribution >= 4 is 15.9 Å². The molecular weight excluding hydrogens is 388 g/mol. The normalized spacial score (nSPS) is 17.4. The molecule has 3 rings (SSSR count). The number of nitrogens with one attached hydrogen (secondary N) is 1. The number of rotatable bonds is 5. The summed E-state index contributed by atoms with van der Waals surface area (Å²) in [4.78, 5) is 14.6. The van der Waals surface area contributed by atoms with Gasteiger partial charge in [-0.2, -0.15) is 0 Å². The second-order valence-electron chi connectivity index (χ2n) is 7.52. The van der Waals surface area contributed by atoms with Crippen LogP contribution in [-0.4, -0.2) is 45.5 Å². The van der Waals surface area contributed by atoms with E-state index < -0.39 is 10.0 Å². The van der Waals surface area contributed by atoms with Crippen molar-refractivity contribution in [2.45, 2.75) is 38.7 Å². The first-order valence-electron chi connectivity index (χ1n) is 9.72. The maximum Gasteiger partial charge on any atom is 0.241 e. The summed E-state index contributed by atoms with van der Waals surface area (Å²) in [6.45, 7) is 8.39. The van der Waals surface area contributed by atoms with Crippen molar-refractivity contribution < 1.29 is 17.9 Å². The molecule has 1 unspecified atom stereocenters. The fourth-order valence-electron chi connectivity index (χ4n) is 3.67. The van der Waals surface area contributed by atoms with Crippen LogP contribution in [0, 0.1) is 27.7 Å². The zero-order valence-electron chi connectivity index (χ0n) is 17.4. The minimum Gasteiger partial charge on any atom is -0.370 e. The van der Waals surface area contributed by atoms with Crippen molar-refractivity contribution in [3.8, 4) is 0 Å². The van der Waals surface area contributed by atoms with Gasteiger partial charge in [0, 0.05) is 6.54 Å². The molecule has 0 radical (unpaired) electrons. The number of benzene rings is 2. The zero-order valence-corrected chi connectivity index (χ0v) is 18.2. The van der Waals surface area contributed by atoms with Crippen LogP contribution in [0.1, 0.15) is 33.9 Å². The first-order chi connectivity index (χ1) is 13.7. The lowest BCUT2D eigenvalue weighted by molar-refractivity contribution is -0.137. The highest BCUT2D eigenvalue weighted by Gasteiger charge is 2.27. The Morgan fingerprint density at radius 1 is 1.10 bits per heavy atom. The van der Waals surface area contributed by atoms with Gasteiger partial charge in [-0.15, -0.1) is 0 Å². The molecule has 6 nitrogen and oxygen atoms in total. The van der Waals surface area contributed by atoms with Gasteiger partial charge >= 0.3 is 0 Å². The summed E-state index contributed by atoms with van der Waals surface area (Å²) in [5, 5.41) is 0. The maximum absolute atomic E-state index is 12.9. The van der Waals surface area contributed by atoms with Gasteiger partial charge in [-0.25, -0.2) is 13.1 Å². The number of morpholine rings is 1. The van der Waals surface area contributed by atoms with Crippen molar-refractivity contribution in [1.82, 2.24) is 9.62 Å². The molecule has 1 aliphatic rings.